The Labute approximate surface area is 268 Å². The van der Waals surface area contributed by atoms with Gasteiger partial charge in [0.25, 0.3) is 0 Å². The number of aryl methyl sites for hydroxylation is 1. The monoisotopic (exact) mass is 644 g/mol. The van der Waals surface area contributed by atoms with Crippen LogP contribution in [-0.2, 0) is 64.8 Å². The van der Waals surface area contributed by atoms with Crippen LogP contribution in [-0.4, -0.2) is 89.2 Å². The van der Waals surface area contributed by atoms with Crippen molar-refractivity contribution in [1.82, 2.24) is 31.0 Å². The van der Waals surface area contributed by atoms with Crippen molar-refractivity contribution in [2.75, 3.05) is 19.8 Å². The van der Waals surface area contributed by atoms with Gasteiger partial charge in [-0.05, 0) is 46.2 Å². The normalized spacial score (nSPS) is 22.4. The van der Waals surface area contributed by atoms with Gasteiger partial charge in [0.1, 0.15) is 30.3 Å². The predicted octanol–water partition coefficient (Wildman–Crippen LogP) is 0.640. The molecule has 2 bridgehead atoms. The molecule has 1 aromatic heterocycles. The van der Waals surface area contributed by atoms with Crippen molar-refractivity contribution in [3.8, 4) is 0 Å². The summed E-state index contributed by atoms with van der Waals surface area (Å²) in [5.74, 6) is -2.76. The minimum absolute atomic E-state index is 0.00745. The maximum Gasteiger partial charge on any atom is 0.408 e. The van der Waals surface area contributed by atoms with Crippen molar-refractivity contribution >= 4 is 29.8 Å². The third-order valence-electron chi connectivity index (χ3n) is 6.69. The zero-order chi connectivity index (χ0) is 33.9. The molecule has 15 nitrogen and oxygen atoms in total. The van der Waals surface area contributed by atoms with Gasteiger partial charge in [-0.15, -0.1) is 0 Å². The van der Waals surface area contributed by atoms with Crippen molar-refractivity contribution < 1.29 is 42.9 Å². The second kappa shape index (κ2) is 16.7. The van der Waals surface area contributed by atoms with Crippen LogP contribution in [0.15, 0.2) is 36.4 Å². The van der Waals surface area contributed by atoms with Gasteiger partial charge < -0.3 is 40.2 Å². The van der Waals surface area contributed by atoms with Gasteiger partial charge in [0.2, 0.25) is 17.7 Å². The molecular formula is C31H44N6O9. The number of ether oxygens (including phenoxy) is 4. The minimum Gasteiger partial charge on any atom is -0.459 e. The molecule has 0 saturated heterocycles. The van der Waals surface area contributed by atoms with Crippen molar-refractivity contribution in [2.45, 2.75) is 84.0 Å². The van der Waals surface area contributed by atoms with E-state index in [4.69, 9.17) is 18.9 Å². The first kappa shape index (κ1) is 36.0. The van der Waals surface area contributed by atoms with E-state index in [1.807, 2.05) is 24.3 Å². The van der Waals surface area contributed by atoms with E-state index in [2.05, 4.69) is 26.4 Å². The van der Waals surface area contributed by atoms with E-state index in [0.717, 1.165) is 5.56 Å². The zero-order valence-electron chi connectivity index (χ0n) is 27.1. The third-order valence-corrected chi connectivity index (χ3v) is 6.69. The molecule has 1 aromatic carbocycles. The Hall–Kier alpha value is -4.50. The molecule has 1 aliphatic heterocycles. The maximum atomic E-state index is 13.1. The summed E-state index contributed by atoms with van der Waals surface area (Å²) in [5.41, 5.74) is 1.34. The van der Waals surface area contributed by atoms with E-state index in [9.17, 15) is 24.0 Å². The molecule has 2 unspecified atom stereocenters. The highest BCUT2D eigenvalue weighted by atomic mass is 16.6. The lowest BCUT2D eigenvalue weighted by atomic mass is 10.2. The second-order valence-electron chi connectivity index (χ2n) is 11.9. The van der Waals surface area contributed by atoms with Gasteiger partial charge in [-0.2, -0.15) is 5.10 Å². The van der Waals surface area contributed by atoms with Gasteiger partial charge in [0, 0.05) is 13.5 Å². The average Bonchev–Trinajstić information content (AvgIpc) is 3.34. The van der Waals surface area contributed by atoms with Crippen LogP contribution in [0.3, 0.4) is 0 Å². The summed E-state index contributed by atoms with van der Waals surface area (Å²) in [5, 5.41) is 14.6. The van der Waals surface area contributed by atoms with Gasteiger partial charge in [-0.3, -0.25) is 19.1 Å². The molecule has 0 saturated carbocycles. The second-order valence-corrected chi connectivity index (χ2v) is 11.9. The first-order valence-corrected chi connectivity index (χ1v) is 15.0. The first-order valence-electron chi connectivity index (χ1n) is 15.0. The van der Waals surface area contributed by atoms with E-state index < -0.39 is 59.6 Å². The van der Waals surface area contributed by atoms with E-state index in [-0.39, 0.29) is 33.0 Å². The highest BCUT2D eigenvalue weighted by Crippen LogP contribution is 2.09. The molecule has 2 aromatic rings. The molecule has 3 rings (SSSR count). The number of alkyl carbamates (subject to hydrolysis) is 1. The fourth-order valence-electron chi connectivity index (χ4n) is 4.20. The lowest BCUT2D eigenvalue weighted by Gasteiger charge is -2.25. The molecule has 252 valence electrons. The molecule has 15 heteroatoms. The number of amides is 4. The highest BCUT2D eigenvalue weighted by molar-refractivity contribution is 5.94. The van der Waals surface area contributed by atoms with E-state index in [1.165, 1.54) is 13.8 Å². The predicted molar refractivity (Wildman–Crippen MR) is 164 cm³/mol. The number of rotatable bonds is 4. The molecule has 0 fully saturated rings. The van der Waals surface area contributed by atoms with E-state index in [0.29, 0.717) is 17.8 Å². The highest BCUT2D eigenvalue weighted by Gasteiger charge is 2.30. The number of nitrogens with one attached hydrogen (secondary N) is 4. The lowest BCUT2D eigenvalue weighted by molar-refractivity contribution is -0.151. The Bertz CT molecular complexity index is 1360. The molecule has 4 atom stereocenters. The van der Waals surface area contributed by atoms with Crippen molar-refractivity contribution in [2.24, 2.45) is 7.05 Å². The number of hydrogen-bond donors (Lipinski definition) is 4. The van der Waals surface area contributed by atoms with Crippen LogP contribution in [0.2, 0.25) is 0 Å². The topological polar surface area (TPSA) is 188 Å². The molecule has 0 radical (unpaired) electrons. The van der Waals surface area contributed by atoms with E-state index in [1.54, 1.807) is 44.6 Å². The summed E-state index contributed by atoms with van der Waals surface area (Å²) >= 11 is 0. The van der Waals surface area contributed by atoms with Gasteiger partial charge in [-0.1, -0.05) is 30.3 Å². The van der Waals surface area contributed by atoms with E-state index >= 15 is 0 Å². The Morgan fingerprint density at radius 3 is 2.30 bits per heavy atom. The molecule has 0 spiro atoms. The summed E-state index contributed by atoms with van der Waals surface area (Å²) in [6.45, 7) is 7.73. The quantitative estimate of drug-likeness (QED) is 0.344. The Balaban J connectivity index is 1.77. The average molecular weight is 645 g/mol. The summed E-state index contributed by atoms with van der Waals surface area (Å²) < 4.78 is 23.9. The van der Waals surface area contributed by atoms with Crippen LogP contribution in [0.25, 0.3) is 0 Å². The minimum atomic E-state index is -1.19. The van der Waals surface area contributed by atoms with Crippen molar-refractivity contribution in [3.63, 3.8) is 0 Å². The summed E-state index contributed by atoms with van der Waals surface area (Å²) in [4.78, 5) is 64.6. The summed E-state index contributed by atoms with van der Waals surface area (Å²) in [7, 11) is 1.74. The maximum absolute atomic E-state index is 13.1. The number of carbonyl (C=O) groups excluding carboxylic acids is 5. The molecule has 4 amide bonds. The number of fused-ring (bicyclic) bond motifs is 2. The molecule has 46 heavy (non-hydrogen) atoms. The number of carbonyl (C=O) groups is 5. The van der Waals surface area contributed by atoms with Crippen LogP contribution in [0.5, 0.6) is 0 Å². The molecule has 0 aliphatic carbocycles. The van der Waals surface area contributed by atoms with Gasteiger partial charge >= 0.3 is 12.1 Å². The first-order chi connectivity index (χ1) is 21.7. The van der Waals surface area contributed by atoms with Crippen LogP contribution in [0.1, 0.15) is 51.6 Å². The van der Waals surface area contributed by atoms with Crippen LogP contribution < -0.4 is 21.3 Å². The zero-order valence-corrected chi connectivity index (χ0v) is 27.1. The standard InChI is InChI=1S/C31H44N6O9/c1-19-26(38)32-20(2)27(39)34-25(29(41)45-15-21-10-8-7-9-11-21)18-44-16-23-14-22(36-37(23)6)12-13-43-17-24(28(40)33-19)35-30(42)46-31(3,4)5/h7-11,14,19-20,24-25H,12-13,15-18H2,1-6H3,(H,32,38)(H,33,40)(H,34,39)(H,35,42)/t19-,20+,24?,25?/m1/s1. The lowest BCUT2D eigenvalue weighted by Crippen LogP contribution is -2.57. The van der Waals surface area contributed by atoms with Gasteiger partial charge in [0.05, 0.1) is 37.8 Å². The Kier molecular flexibility index (Phi) is 13.1. The largest absolute Gasteiger partial charge is 0.459 e. The van der Waals surface area contributed by atoms with Crippen LogP contribution >= 0.6 is 0 Å². The smallest absolute Gasteiger partial charge is 0.408 e. The fourth-order valence-corrected chi connectivity index (χ4v) is 4.20. The number of hydrogen-bond acceptors (Lipinski definition) is 10. The molecule has 2 heterocycles. The molecular weight excluding hydrogens is 600 g/mol. The van der Waals surface area contributed by atoms with Crippen molar-refractivity contribution in [3.05, 3.63) is 53.3 Å². The fraction of sp³-hybridized carbons (Fsp3) is 0.548. The SMILES string of the molecule is C[C@@H]1NC(=O)[C@@H](C)NC(=O)C(NC(=O)OC(C)(C)C)COCCc2cc(n(C)n2)COCC(C(=O)OCc2ccccc2)NC1=O. The summed E-state index contributed by atoms with van der Waals surface area (Å²) in [6.07, 6.45) is -0.449. The molecule has 1 aliphatic rings. The van der Waals surface area contributed by atoms with Gasteiger partial charge in [-0.25, -0.2) is 9.59 Å². The van der Waals surface area contributed by atoms with Crippen LogP contribution in [0.4, 0.5) is 4.79 Å². The van der Waals surface area contributed by atoms with Crippen molar-refractivity contribution in [1.29, 1.82) is 0 Å². The number of nitrogens with zero attached hydrogens (tertiary/aromatic N) is 2. The number of esters is 1. The van der Waals surface area contributed by atoms with Crippen LogP contribution in [0, 0.1) is 0 Å². The number of benzene rings is 1. The Morgan fingerprint density at radius 1 is 0.978 bits per heavy atom. The third kappa shape index (κ3) is 11.8. The Morgan fingerprint density at radius 2 is 1.63 bits per heavy atom. The summed E-state index contributed by atoms with van der Waals surface area (Å²) in [6, 6.07) is 6.31. The van der Waals surface area contributed by atoms with Gasteiger partial charge in [0.15, 0.2) is 6.04 Å². The molecule has 4 N–H and O–H groups in total. The number of aromatic nitrogens is 2.